The molecule has 3 aromatic rings. The van der Waals surface area contributed by atoms with Gasteiger partial charge in [-0.1, -0.05) is 18.2 Å². The lowest BCUT2D eigenvalue weighted by molar-refractivity contribution is -0.114. The van der Waals surface area contributed by atoms with E-state index in [1.807, 2.05) is 42.0 Å². The van der Waals surface area contributed by atoms with Gasteiger partial charge in [0.05, 0.1) is 19.5 Å². The Balaban J connectivity index is 1.70. The summed E-state index contributed by atoms with van der Waals surface area (Å²) < 4.78 is 7.73. The highest BCUT2D eigenvalue weighted by Crippen LogP contribution is 2.21. The number of imidazole rings is 1. The summed E-state index contributed by atoms with van der Waals surface area (Å²) in [5.74, 6) is 0.640. The molecule has 0 saturated carbocycles. The molecule has 3 rings (SSSR count). The van der Waals surface area contributed by atoms with Crippen molar-refractivity contribution in [3.8, 4) is 5.75 Å². The first-order valence-corrected chi connectivity index (χ1v) is 10.6. The quantitative estimate of drug-likeness (QED) is 0.495. The molecular formula is C24H29N5O3. The molecule has 0 aliphatic heterocycles. The molecule has 2 aromatic carbocycles. The number of amides is 3. The van der Waals surface area contributed by atoms with Gasteiger partial charge in [-0.2, -0.15) is 0 Å². The van der Waals surface area contributed by atoms with Gasteiger partial charge in [-0.15, -0.1) is 0 Å². The van der Waals surface area contributed by atoms with Crippen LogP contribution in [0, 0.1) is 0 Å². The van der Waals surface area contributed by atoms with Gasteiger partial charge in [0.1, 0.15) is 5.75 Å². The van der Waals surface area contributed by atoms with Crippen LogP contribution in [0.5, 0.6) is 5.75 Å². The van der Waals surface area contributed by atoms with E-state index in [1.165, 1.54) is 6.92 Å². The molecular weight excluding hydrogens is 406 g/mol. The minimum Gasteiger partial charge on any atom is -0.494 e. The second kappa shape index (κ2) is 11.5. The predicted octanol–water partition coefficient (Wildman–Crippen LogP) is 4.36. The molecule has 1 heterocycles. The summed E-state index contributed by atoms with van der Waals surface area (Å²) in [7, 11) is 0. The van der Waals surface area contributed by atoms with Gasteiger partial charge in [0.15, 0.2) is 0 Å². The summed E-state index contributed by atoms with van der Waals surface area (Å²) in [5.41, 5.74) is 2.29. The average molecular weight is 436 g/mol. The van der Waals surface area contributed by atoms with Crippen molar-refractivity contribution in [3.05, 3.63) is 72.8 Å². The molecule has 0 aliphatic carbocycles. The molecule has 0 spiro atoms. The zero-order chi connectivity index (χ0) is 22.8. The van der Waals surface area contributed by atoms with Gasteiger partial charge in [0.2, 0.25) is 5.91 Å². The van der Waals surface area contributed by atoms with Gasteiger partial charge in [-0.25, -0.2) is 9.78 Å². The maximum absolute atomic E-state index is 13.1. The summed E-state index contributed by atoms with van der Waals surface area (Å²) >= 11 is 0. The molecule has 0 saturated heterocycles. The van der Waals surface area contributed by atoms with E-state index in [9.17, 15) is 9.59 Å². The van der Waals surface area contributed by atoms with Crippen molar-refractivity contribution in [1.82, 2.24) is 14.5 Å². The number of urea groups is 1. The standard InChI is InChI=1S/C24H29N5O3/c1-3-32-23-8-5-4-7-20(23)17-29(15-6-14-28-16-13-25-18-28)24(31)27-22-11-9-21(10-12-22)26-19(2)30/h4-5,7-13,16,18H,3,6,14-15,17H2,1-2H3,(H,26,30)(H,27,31). The number of benzene rings is 2. The van der Waals surface area contributed by atoms with Gasteiger partial charge in [-0.3, -0.25) is 4.79 Å². The van der Waals surface area contributed by atoms with E-state index in [2.05, 4.69) is 15.6 Å². The molecule has 0 radical (unpaired) electrons. The molecule has 168 valence electrons. The van der Waals surface area contributed by atoms with Gasteiger partial charge >= 0.3 is 6.03 Å². The maximum atomic E-state index is 13.1. The lowest BCUT2D eigenvalue weighted by Gasteiger charge is -2.24. The number of aromatic nitrogens is 2. The Bertz CT molecular complexity index is 1000. The smallest absolute Gasteiger partial charge is 0.322 e. The minimum absolute atomic E-state index is 0.140. The number of carbonyl (C=O) groups is 2. The van der Waals surface area contributed by atoms with E-state index in [-0.39, 0.29) is 11.9 Å². The van der Waals surface area contributed by atoms with Crippen LogP contribution in [0.1, 0.15) is 25.8 Å². The summed E-state index contributed by atoms with van der Waals surface area (Å²) in [6.07, 6.45) is 6.20. The first kappa shape index (κ1) is 22.9. The van der Waals surface area contributed by atoms with Crippen LogP contribution < -0.4 is 15.4 Å². The number of ether oxygens (including phenoxy) is 1. The van der Waals surface area contributed by atoms with Gasteiger partial charge in [-0.05, 0) is 43.7 Å². The number of hydrogen-bond acceptors (Lipinski definition) is 4. The average Bonchev–Trinajstić information content (AvgIpc) is 3.29. The van der Waals surface area contributed by atoms with Crippen molar-refractivity contribution in [2.24, 2.45) is 0 Å². The highest BCUT2D eigenvalue weighted by Gasteiger charge is 2.16. The lowest BCUT2D eigenvalue weighted by atomic mass is 10.2. The molecule has 2 N–H and O–H groups in total. The lowest BCUT2D eigenvalue weighted by Crippen LogP contribution is -2.35. The van der Waals surface area contributed by atoms with E-state index in [0.29, 0.717) is 31.1 Å². The first-order chi connectivity index (χ1) is 15.5. The third kappa shape index (κ3) is 6.87. The van der Waals surface area contributed by atoms with Crippen LogP contribution in [-0.2, 0) is 17.9 Å². The molecule has 0 aliphatic rings. The Labute approximate surface area is 188 Å². The second-order valence-electron chi connectivity index (χ2n) is 7.31. The van der Waals surface area contributed by atoms with E-state index in [4.69, 9.17) is 4.74 Å². The van der Waals surface area contributed by atoms with Crippen LogP contribution in [-0.4, -0.2) is 39.5 Å². The molecule has 1 aromatic heterocycles. The zero-order valence-corrected chi connectivity index (χ0v) is 18.5. The maximum Gasteiger partial charge on any atom is 0.322 e. The molecule has 0 unspecified atom stereocenters. The third-order valence-electron chi connectivity index (χ3n) is 4.78. The van der Waals surface area contributed by atoms with Crippen LogP contribution >= 0.6 is 0 Å². The van der Waals surface area contributed by atoms with E-state index < -0.39 is 0 Å². The number of para-hydroxylation sites is 1. The largest absolute Gasteiger partial charge is 0.494 e. The fourth-order valence-electron chi connectivity index (χ4n) is 3.29. The molecule has 0 bridgehead atoms. The highest BCUT2D eigenvalue weighted by molar-refractivity contribution is 5.91. The fourth-order valence-corrected chi connectivity index (χ4v) is 3.29. The number of aryl methyl sites for hydroxylation is 1. The van der Waals surface area contributed by atoms with E-state index in [1.54, 1.807) is 41.7 Å². The van der Waals surface area contributed by atoms with E-state index in [0.717, 1.165) is 24.3 Å². The number of hydrogen-bond donors (Lipinski definition) is 2. The zero-order valence-electron chi connectivity index (χ0n) is 18.5. The number of carbonyl (C=O) groups excluding carboxylic acids is 2. The topological polar surface area (TPSA) is 88.5 Å². The molecule has 0 atom stereocenters. The molecule has 32 heavy (non-hydrogen) atoms. The molecule has 8 nitrogen and oxygen atoms in total. The van der Waals surface area contributed by atoms with Crippen LogP contribution in [0.2, 0.25) is 0 Å². The van der Waals surface area contributed by atoms with Crippen molar-refractivity contribution >= 4 is 23.3 Å². The van der Waals surface area contributed by atoms with Crippen molar-refractivity contribution in [2.45, 2.75) is 33.4 Å². The van der Waals surface area contributed by atoms with Crippen molar-refractivity contribution in [1.29, 1.82) is 0 Å². The Kier molecular flexibility index (Phi) is 8.25. The summed E-state index contributed by atoms with van der Waals surface area (Å²) in [5, 5.41) is 5.67. The Morgan fingerprint density at radius 1 is 1.06 bits per heavy atom. The predicted molar refractivity (Wildman–Crippen MR) is 125 cm³/mol. The normalized spacial score (nSPS) is 10.4. The first-order valence-electron chi connectivity index (χ1n) is 10.6. The third-order valence-corrected chi connectivity index (χ3v) is 4.78. The van der Waals surface area contributed by atoms with Gasteiger partial charge < -0.3 is 24.8 Å². The van der Waals surface area contributed by atoms with Crippen molar-refractivity contribution < 1.29 is 14.3 Å². The van der Waals surface area contributed by atoms with Gasteiger partial charge in [0.25, 0.3) is 0 Å². The van der Waals surface area contributed by atoms with Crippen LogP contribution in [0.15, 0.2) is 67.3 Å². The van der Waals surface area contributed by atoms with Crippen molar-refractivity contribution in [3.63, 3.8) is 0 Å². The number of anilines is 2. The summed E-state index contributed by atoms with van der Waals surface area (Å²) in [6, 6.07) is 14.6. The van der Waals surface area contributed by atoms with Crippen LogP contribution in [0.3, 0.4) is 0 Å². The number of nitrogens with zero attached hydrogens (tertiary/aromatic N) is 3. The SMILES string of the molecule is CCOc1ccccc1CN(CCCn1ccnc1)C(=O)Nc1ccc(NC(C)=O)cc1. The fraction of sp³-hybridized carbons (Fsp3) is 0.292. The Hall–Kier alpha value is -3.81. The highest BCUT2D eigenvalue weighted by atomic mass is 16.5. The number of rotatable bonds is 10. The van der Waals surface area contributed by atoms with Gasteiger partial charge in [0, 0.05) is 49.3 Å². The number of nitrogens with one attached hydrogen (secondary N) is 2. The monoisotopic (exact) mass is 435 g/mol. The Morgan fingerprint density at radius 2 is 1.78 bits per heavy atom. The molecule has 0 fully saturated rings. The minimum atomic E-state index is -0.200. The summed E-state index contributed by atoms with van der Waals surface area (Å²) in [4.78, 5) is 30.2. The van der Waals surface area contributed by atoms with Crippen LogP contribution in [0.25, 0.3) is 0 Å². The molecule has 3 amide bonds. The van der Waals surface area contributed by atoms with E-state index >= 15 is 0 Å². The summed E-state index contributed by atoms with van der Waals surface area (Å²) in [6.45, 7) is 5.71. The molecule has 8 heteroatoms. The second-order valence-corrected chi connectivity index (χ2v) is 7.31. The van der Waals surface area contributed by atoms with Crippen molar-refractivity contribution in [2.75, 3.05) is 23.8 Å². The Morgan fingerprint density at radius 3 is 2.44 bits per heavy atom. The van der Waals surface area contributed by atoms with Crippen LogP contribution in [0.4, 0.5) is 16.2 Å².